The van der Waals surface area contributed by atoms with Gasteiger partial charge in [-0.25, -0.2) is 4.39 Å². The molecule has 3 nitrogen and oxygen atoms in total. The third-order valence-corrected chi connectivity index (χ3v) is 3.69. The first-order valence-corrected chi connectivity index (χ1v) is 7.04. The predicted octanol–water partition coefficient (Wildman–Crippen LogP) is 2.24. The summed E-state index contributed by atoms with van der Waals surface area (Å²) in [4.78, 5) is 2.38. The van der Waals surface area contributed by atoms with Gasteiger partial charge in [-0.1, -0.05) is 19.9 Å². The van der Waals surface area contributed by atoms with Crippen LogP contribution in [0.2, 0.25) is 0 Å². The highest BCUT2D eigenvalue weighted by molar-refractivity contribution is 5.27. The van der Waals surface area contributed by atoms with Gasteiger partial charge in [-0.05, 0) is 62.7 Å². The SMILES string of the molecule is CCN(CC)CCC(Cc1ccc(F)cc1C)NN. The van der Waals surface area contributed by atoms with Crippen LogP contribution in [-0.4, -0.2) is 30.6 Å². The molecule has 0 amide bonds. The zero-order chi connectivity index (χ0) is 14.3. The standard InChI is InChI=1S/C15H26FN3/c1-4-19(5-2)9-8-15(18-17)11-13-6-7-14(16)10-12(13)3/h6-7,10,15,18H,4-5,8-9,11,17H2,1-3H3. The summed E-state index contributed by atoms with van der Waals surface area (Å²) in [5, 5.41) is 0. The van der Waals surface area contributed by atoms with E-state index in [4.69, 9.17) is 5.84 Å². The van der Waals surface area contributed by atoms with Gasteiger partial charge in [0.15, 0.2) is 0 Å². The van der Waals surface area contributed by atoms with Gasteiger partial charge in [0.1, 0.15) is 5.82 Å². The zero-order valence-electron chi connectivity index (χ0n) is 12.2. The van der Waals surface area contributed by atoms with Crippen molar-refractivity contribution in [1.29, 1.82) is 0 Å². The van der Waals surface area contributed by atoms with Gasteiger partial charge < -0.3 is 4.90 Å². The third kappa shape index (κ3) is 5.27. The minimum Gasteiger partial charge on any atom is -0.304 e. The van der Waals surface area contributed by atoms with Crippen LogP contribution in [0.1, 0.15) is 31.4 Å². The molecule has 19 heavy (non-hydrogen) atoms. The van der Waals surface area contributed by atoms with Gasteiger partial charge in [-0.15, -0.1) is 0 Å². The van der Waals surface area contributed by atoms with Crippen molar-refractivity contribution in [1.82, 2.24) is 10.3 Å². The lowest BCUT2D eigenvalue weighted by molar-refractivity contribution is 0.280. The van der Waals surface area contributed by atoms with Crippen molar-refractivity contribution in [3.63, 3.8) is 0 Å². The Bertz CT molecular complexity index is 378. The minimum absolute atomic E-state index is 0.179. The molecule has 1 unspecified atom stereocenters. The molecule has 0 aromatic heterocycles. The number of rotatable bonds is 8. The fourth-order valence-electron chi connectivity index (χ4n) is 2.28. The number of nitrogens with one attached hydrogen (secondary N) is 1. The average molecular weight is 267 g/mol. The smallest absolute Gasteiger partial charge is 0.123 e. The summed E-state index contributed by atoms with van der Waals surface area (Å²) in [6, 6.07) is 5.17. The monoisotopic (exact) mass is 267 g/mol. The third-order valence-electron chi connectivity index (χ3n) is 3.69. The van der Waals surface area contributed by atoms with E-state index in [0.29, 0.717) is 0 Å². The fourth-order valence-corrected chi connectivity index (χ4v) is 2.28. The van der Waals surface area contributed by atoms with Gasteiger partial charge in [-0.3, -0.25) is 11.3 Å². The van der Waals surface area contributed by atoms with Crippen LogP contribution in [0.25, 0.3) is 0 Å². The van der Waals surface area contributed by atoms with E-state index >= 15 is 0 Å². The van der Waals surface area contributed by atoms with Gasteiger partial charge in [0.2, 0.25) is 0 Å². The molecule has 0 fully saturated rings. The number of aryl methyl sites for hydroxylation is 1. The summed E-state index contributed by atoms with van der Waals surface area (Å²) in [5.41, 5.74) is 5.02. The largest absolute Gasteiger partial charge is 0.304 e. The zero-order valence-corrected chi connectivity index (χ0v) is 12.2. The van der Waals surface area contributed by atoms with Gasteiger partial charge in [0, 0.05) is 6.04 Å². The van der Waals surface area contributed by atoms with Gasteiger partial charge in [0.05, 0.1) is 0 Å². The molecule has 1 aromatic rings. The average Bonchev–Trinajstić information content (AvgIpc) is 2.41. The molecule has 1 aromatic carbocycles. The van der Waals surface area contributed by atoms with E-state index in [1.54, 1.807) is 6.07 Å². The molecule has 0 bridgehead atoms. The molecule has 0 saturated heterocycles. The number of hydrogen-bond acceptors (Lipinski definition) is 3. The number of nitrogens with two attached hydrogens (primary N) is 1. The van der Waals surface area contributed by atoms with E-state index in [-0.39, 0.29) is 11.9 Å². The summed E-state index contributed by atoms with van der Waals surface area (Å²) < 4.78 is 13.1. The van der Waals surface area contributed by atoms with Crippen LogP contribution in [0, 0.1) is 12.7 Å². The summed E-state index contributed by atoms with van der Waals surface area (Å²) in [6.45, 7) is 9.42. The van der Waals surface area contributed by atoms with E-state index in [1.807, 2.05) is 13.0 Å². The van der Waals surface area contributed by atoms with Gasteiger partial charge in [-0.2, -0.15) is 0 Å². The van der Waals surface area contributed by atoms with Crippen LogP contribution in [0.4, 0.5) is 4.39 Å². The molecule has 0 radical (unpaired) electrons. The van der Waals surface area contributed by atoms with Crippen molar-refractivity contribution in [2.75, 3.05) is 19.6 Å². The van der Waals surface area contributed by atoms with Crippen LogP contribution in [0.15, 0.2) is 18.2 Å². The topological polar surface area (TPSA) is 41.3 Å². The number of nitrogens with zero attached hydrogens (tertiary/aromatic N) is 1. The predicted molar refractivity (Wildman–Crippen MR) is 78.4 cm³/mol. The molecule has 1 atom stereocenters. The van der Waals surface area contributed by atoms with E-state index < -0.39 is 0 Å². The van der Waals surface area contributed by atoms with E-state index in [0.717, 1.165) is 43.6 Å². The van der Waals surface area contributed by atoms with E-state index in [1.165, 1.54) is 6.07 Å². The Balaban J connectivity index is 2.56. The molecule has 108 valence electrons. The molecule has 0 spiro atoms. The van der Waals surface area contributed by atoms with Crippen molar-refractivity contribution < 1.29 is 4.39 Å². The summed E-state index contributed by atoms with van der Waals surface area (Å²) in [6.07, 6.45) is 1.83. The molecule has 4 heteroatoms. The highest BCUT2D eigenvalue weighted by Gasteiger charge is 2.11. The first-order chi connectivity index (χ1) is 9.10. The number of hydrazine groups is 1. The van der Waals surface area contributed by atoms with Crippen molar-refractivity contribution in [2.45, 2.75) is 39.7 Å². The second-order valence-electron chi connectivity index (χ2n) is 4.95. The van der Waals surface area contributed by atoms with E-state index in [9.17, 15) is 4.39 Å². The Morgan fingerprint density at radius 1 is 1.32 bits per heavy atom. The van der Waals surface area contributed by atoms with Crippen molar-refractivity contribution >= 4 is 0 Å². The lowest BCUT2D eigenvalue weighted by atomic mass is 9.99. The molecule has 0 heterocycles. The molecule has 0 saturated carbocycles. The Hall–Kier alpha value is -0.970. The second kappa shape index (κ2) is 8.25. The summed E-state index contributed by atoms with van der Waals surface area (Å²) in [7, 11) is 0. The van der Waals surface area contributed by atoms with Crippen LogP contribution >= 0.6 is 0 Å². The van der Waals surface area contributed by atoms with Crippen LogP contribution in [0.5, 0.6) is 0 Å². The number of benzene rings is 1. The van der Waals surface area contributed by atoms with Crippen molar-refractivity contribution in [2.24, 2.45) is 5.84 Å². The highest BCUT2D eigenvalue weighted by atomic mass is 19.1. The van der Waals surface area contributed by atoms with Crippen LogP contribution in [0.3, 0.4) is 0 Å². The molecule has 0 aliphatic carbocycles. The van der Waals surface area contributed by atoms with E-state index in [2.05, 4.69) is 24.2 Å². The number of halogens is 1. The molecule has 0 aliphatic rings. The normalized spacial score (nSPS) is 12.9. The Morgan fingerprint density at radius 2 is 2.00 bits per heavy atom. The summed E-state index contributed by atoms with van der Waals surface area (Å²) in [5.74, 6) is 5.45. The fraction of sp³-hybridized carbons (Fsp3) is 0.600. The maximum absolute atomic E-state index is 13.1. The van der Waals surface area contributed by atoms with Gasteiger partial charge in [0.25, 0.3) is 0 Å². The molecule has 0 aliphatic heterocycles. The molecular weight excluding hydrogens is 241 g/mol. The second-order valence-corrected chi connectivity index (χ2v) is 4.95. The van der Waals surface area contributed by atoms with Crippen molar-refractivity contribution in [3.05, 3.63) is 35.1 Å². The molecular formula is C15H26FN3. The first kappa shape index (κ1) is 16.1. The minimum atomic E-state index is -0.179. The van der Waals surface area contributed by atoms with Gasteiger partial charge >= 0.3 is 0 Å². The van der Waals surface area contributed by atoms with Crippen LogP contribution in [-0.2, 0) is 6.42 Å². The highest BCUT2D eigenvalue weighted by Crippen LogP contribution is 2.13. The summed E-state index contributed by atoms with van der Waals surface area (Å²) >= 11 is 0. The maximum atomic E-state index is 13.1. The molecule has 1 rings (SSSR count). The quantitative estimate of drug-likeness (QED) is 0.560. The molecule has 3 N–H and O–H groups in total. The number of hydrogen-bond donors (Lipinski definition) is 2. The lowest BCUT2D eigenvalue weighted by Crippen LogP contribution is -2.40. The maximum Gasteiger partial charge on any atom is 0.123 e. The van der Waals surface area contributed by atoms with Crippen molar-refractivity contribution in [3.8, 4) is 0 Å². The Kier molecular flexibility index (Phi) is 6.99. The van der Waals surface area contributed by atoms with Crippen LogP contribution < -0.4 is 11.3 Å². The Morgan fingerprint density at radius 3 is 2.53 bits per heavy atom. The first-order valence-electron chi connectivity index (χ1n) is 7.04. The Labute approximate surface area is 116 Å². The lowest BCUT2D eigenvalue weighted by Gasteiger charge is -2.22.